The SMILES string of the molecule is CCCCCCCCC/C=C/C(O)C(COC1OC(CO)C(O)C(O)C1O)NC(=O)CCCCCCCCC/C=C\CCCCCCOC(=O)CCCCCCCCCCCCCCCCC. The van der Waals surface area contributed by atoms with Gasteiger partial charge < -0.3 is 45.1 Å². The number of carbonyl (C=O) groups is 2. The molecule has 1 saturated heterocycles. The van der Waals surface area contributed by atoms with Crippen molar-refractivity contribution in [1.82, 2.24) is 5.32 Å². The summed E-state index contributed by atoms with van der Waals surface area (Å²) < 4.78 is 16.6. The third kappa shape index (κ3) is 36.7. The first-order valence-corrected chi connectivity index (χ1v) is 28.1. The van der Waals surface area contributed by atoms with Crippen molar-refractivity contribution in [2.75, 3.05) is 19.8 Å². The van der Waals surface area contributed by atoms with Crippen LogP contribution >= 0.6 is 0 Å². The first-order chi connectivity index (χ1) is 32.7. The minimum atomic E-state index is -1.58. The number of aliphatic hydroxyl groups is 5. The van der Waals surface area contributed by atoms with Crippen LogP contribution in [-0.2, 0) is 23.8 Å². The van der Waals surface area contributed by atoms with E-state index in [0.717, 1.165) is 83.5 Å². The Labute approximate surface area is 410 Å². The fraction of sp³-hybridized carbons (Fsp3) is 0.893. The summed E-state index contributed by atoms with van der Waals surface area (Å²) in [7, 11) is 0. The molecule has 1 rings (SSSR count). The van der Waals surface area contributed by atoms with Gasteiger partial charge >= 0.3 is 5.97 Å². The second-order valence-electron chi connectivity index (χ2n) is 19.6. The highest BCUT2D eigenvalue weighted by molar-refractivity contribution is 5.76. The minimum Gasteiger partial charge on any atom is -0.466 e. The number of unbranched alkanes of at least 4 members (excludes halogenated alkanes) is 32. The normalized spacial score (nSPS) is 19.7. The van der Waals surface area contributed by atoms with Gasteiger partial charge in [-0.25, -0.2) is 0 Å². The van der Waals surface area contributed by atoms with E-state index >= 15 is 0 Å². The lowest BCUT2D eigenvalue weighted by atomic mass is 9.99. The molecule has 11 heteroatoms. The zero-order valence-corrected chi connectivity index (χ0v) is 43.1. The number of aliphatic hydroxyl groups excluding tert-OH is 5. The van der Waals surface area contributed by atoms with Gasteiger partial charge in [-0.3, -0.25) is 9.59 Å². The lowest BCUT2D eigenvalue weighted by Crippen LogP contribution is -2.60. The summed E-state index contributed by atoms with van der Waals surface area (Å²) >= 11 is 0. The van der Waals surface area contributed by atoms with Crippen molar-refractivity contribution in [3.63, 3.8) is 0 Å². The Morgan fingerprint density at radius 2 is 0.955 bits per heavy atom. The van der Waals surface area contributed by atoms with Crippen LogP contribution in [0.15, 0.2) is 24.3 Å². The molecule has 1 aliphatic heterocycles. The second kappa shape index (κ2) is 46.5. The Morgan fingerprint density at radius 1 is 0.537 bits per heavy atom. The molecule has 1 fully saturated rings. The highest BCUT2D eigenvalue weighted by Gasteiger charge is 2.44. The molecule has 1 aliphatic rings. The molecule has 1 heterocycles. The number of nitrogens with one attached hydrogen (secondary N) is 1. The van der Waals surface area contributed by atoms with Gasteiger partial charge in [-0.1, -0.05) is 212 Å². The molecule has 1 amide bonds. The standard InChI is InChI=1S/C56H105NO10/c1-3-5-7-9-11-13-14-15-17-21-24-28-32-36-40-44-52(61)65-45-41-37-33-29-25-22-19-16-18-20-23-27-31-35-39-43-51(60)57-48(49(59)42-38-34-30-26-12-10-8-6-4-2)47-66-56-55(64)54(63)53(62)50(46-58)67-56/h19,22,38,42,48-50,53-56,58-59,62-64H,3-18,20-21,23-37,39-41,43-47H2,1-2H3,(H,57,60)/b22-19-,42-38+. The van der Waals surface area contributed by atoms with E-state index in [0.29, 0.717) is 19.4 Å². The van der Waals surface area contributed by atoms with Crippen molar-refractivity contribution in [1.29, 1.82) is 0 Å². The smallest absolute Gasteiger partial charge is 0.305 e. The van der Waals surface area contributed by atoms with E-state index in [4.69, 9.17) is 14.2 Å². The number of amides is 1. The van der Waals surface area contributed by atoms with Gasteiger partial charge in [0.2, 0.25) is 5.91 Å². The van der Waals surface area contributed by atoms with Crippen molar-refractivity contribution in [2.24, 2.45) is 0 Å². The Hall–Kier alpha value is -1.86. The zero-order chi connectivity index (χ0) is 48.8. The van der Waals surface area contributed by atoms with Crippen molar-refractivity contribution in [3.8, 4) is 0 Å². The van der Waals surface area contributed by atoms with Crippen LogP contribution in [0.1, 0.15) is 258 Å². The lowest BCUT2D eigenvalue weighted by Gasteiger charge is -2.40. The summed E-state index contributed by atoms with van der Waals surface area (Å²) in [5.74, 6) is -0.226. The molecule has 0 saturated carbocycles. The van der Waals surface area contributed by atoms with E-state index in [1.807, 2.05) is 6.08 Å². The van der Waals surface area contributed by atoms with Crippen LogP contribution in [0.2, 0.25) is 0 Å². The van der Waals surface area contributed by atoms with Crippen molar-refractivity contribution < 1.29 is 49.3 Å². The molecule has 0 spiro atoms. The Morgan fingerprint density at radius 3 is 1.43 bits per heavy atom. The van der Waals surface area contributed by atoms with E-state index in [-0.39, 0.29) is 18.5 Å². The van der Waals surface area contributed by atoms with Crippen molar-refractivity contribution in [2.45, 2.75) is 301 Å². The molecule has 394 valence electrons. The molecule has 0 aromatic heterocycles. The van der Waals surface area contributed by atoms with E-state index in [9.17, 15) is 35.1 Å². The molecule has 0 radical (unpaired) electrons. The summed E-state index contributed by atoms with van der Waals surface area (Å²) in [4.78, 5) is 25.0. The Balaban J connectivity index is 2.08. The van der Waals surface area contributed by atoms with E-state index in [1.165, 1.54) is 148 Å². The summed E-state index contributed by atoms with van der Waals surface area (Å²) in [6.45, 7) is 4.27. The predicted octanol–water partition coefficient (Wildman–Crippen LogP) is 12.2. The fourth-order valence-corrected chi connectivity index (χ4v) is 8.78. The lowest BCUT2D eigenvalue weighted by molar-refractivity contribution is -0.302. The van der Waals surface area contributed by atoms with Crippen LogP contribution in [-0.4, -0.2) is 100 Å². The van der Waals surface area contributed by atoms with Crippen LogP contribution in [0.4, 0.5) is 0 Å². The topological polar surface area (TPSA) is 175 Å². The minimum absolute atomic E-state index is 0.0268. The molecule has 0 bridgehead atoms. The third-order valence-corrected chi connectivity index (χ3v) is 13.3. The Kier molecular flexibility index (Phi) is 43.8. The summed E-state index contributed by atoms with van der Waals surface area (Å²) in [5.41, 5.74) is 0. The number of hydrogen-bond acceptors (Lipinski definition) is 10. The molecule has 11 nitrogen and oxygen atoms in total. The number of allylic oxidation sites excluding steroid dienone is 3. The first kappa shape index (κ1) is 63.2. The largest absolute Gasteiger partial charge is 0.466 e. The Bertz CT molecular complexity index is 1170. The van der Waals surface area contributed by atoms with Crippen molar-refractivity contribution >= 4 is 11.9 Å². The number of ether oxygens (including phenoxy) is 3. The molecule has 7 unspecified atom stereocenters. The molecular formula is C56H105NO10. The molecule has 0 aromatic rings. The maximum absolute atomic E-state index is 13.0. The highest BCUT2D eigenvalue weighted by atomic mass is 16.7. The average molecular weight is 952 g/mol. The van der Waals surface area contributed by atoms with Crippen LogP contribution in [0.25, 0.3) is 0 Å². The van der Waals surface area contributed by atoms with Gasteiger partial charge in [-0.2, -0.15) is 0 Å². The van der Waals surface area contributed by atoms with Crippen molar-refractivity contribution in [3.05, 3.63) is 24.3 Å². The van der Waals surface area contributed by atoms with E-state index < -0.39 is 49.5 Å². The molecular weight excluding hydrogens is 847 g/mol. The van der Waals surface area contributed by atoms with Crippen LogP contribution in [0, 0.1) is 0 Å². The van der Waals surface area contributed by atoms with Gasteiger partial charge in [0.25, 0.3) is 0 Å². The highest BCUT2D eigenvalue weighted by Crippen LogP contribution is 2.23. The summed E-state index contributed by atoms with van der Waals surface area (Å²) in [5, 5.41) is 54.1. The fourth-order valence-electron chi connectivity index (χ4n) is 8.78. The molecule has 7 atom stereocenters. The predicted molar refractivity (Wildman–Crippen MR) is 274 cm³/mol. The number of rotatable bonds is 48. The quantitative estimate of drug-likeness (QED) is 0.0196. The summed E-state index contributed by atoms with van der Waals surface area (Å²) in [6.07, 6.45) is 44.1. The monoisotopic (exact) mass is 952 g/mol. The number of esters is 1. The number of carbonyl (C=O) groups excluding carboxylic acids is 2. The first-order valence-electron chi connectivity index (χ1n) is 28.1. The van der Waals surface area contributed by atoms with Gasteiger partial charge in [-0.15, -0.1) is 0 Å². The van der Waals surface area contributed by atoms with Crippen LogP contribution in [0.5, 0.6) is 0 Å². The molecule has 0 aromatic carbocycles. The van der Waals surface area contributed by atoms with Crippen LogP contribution < -0.4 is 5.32 Å². The maximum Gasteiger partial charge on any atom is 0.305 e. The van der Waals surface area contributed by atoms with Gasteiger partial charge in [-0.05, 0) is 57.8 Å². The van der Waals surface area contributed by atoms with E-state index in [2.05, 4.69) is 31.3 Å². The molecule has 0 aliphatic carbocycles. The zero-order valence-electron chi connectivity index (χ0n) is 43.1. The van der Waals surface area contributed by atoms with Gasteiger partial charge in [0.1, 0.15) is 24.4 Å². The third-order valence-electron chi connectivity index (χ3n) is 13.3. The van der Waals surface area contributed by atoms with Gasteiger partial charge in [0.05, 0.1) is 32.0 Å². The van der Waals surface area contributed by atoms with Gasteiger partial charge in [0, 0.05) is 12.8 Å². The maximum atomic E-state index is 13.0. The van der Waals surface area contributed by atoms with Gasteiger partial charge in [0.15, 0.2) is 6.29 Å². The average Bonchev–Trinajstić information content (AvgIpc) is 3.32. The molecule has 67 heavy (non-hydrogen) atoms. The van der Waals surface area contributed by atoms with Crippen LogP contribution in [0.3, 0.4) is 0 Å². The summed E-state index contributed by atoms with van der Waals surface area (Å²) in [6, 6.07) is -0.819. The number of hydrogen-bond donors (Lipinski definition) is 6. The second-order valence-corrected chi connectivity index (χ2v) is 19.6. The van der Waals surface area contributed by atoms with E-state index in [1.54, 1.807) is 6.08 Å². The molecule has 6 N–H and O–H groups in total.